The van der Waals surface area contributed by atoms with Crippen LogP contribution in [-0.2, 0) is 4.79 Å². The fourth-order valence-corrected chi connectivity index (χ4v) is 0.968. The first-order chi connectivity index (χ1) is 7.34. The topological polar surface area (TPSA) is 83.8 Å². The van der Waals surface area contributed by atoms with Crippen LogP contribution < -0.4 is 5.32 Å². The Morgan fingerprint density at radius 3 is 3.20 bits per heavy atom. The minimum Gasteiger partial charge on any atom is -0.465 e. The molecule has 6 heteroatoms. The van der Waals surface area contributed by atoms with E-state index in [2.05, 4.69) is 20.5 Å². The van der Waals surface area contributed by atoms with Crippen molar-refractivity contribution < 1.29 is 9.21 Å². The molecular weight excluding hydrogens is 196 g/mol. The van der Waals surface area contributed by atoms with Crippen LogP contribution in [0.15, 0.2) is 35.2 Å². The van der Waals surface area contributed by atoms with Crippen molar-refractivity contribution in [3.05, 3.63) is 36.6 Å². The van der Waals surface area contributed by atoms with Gasteiger partial charge in [-0.2, -0.15) is 10.1 Å². The molecule has 2 aromatic heterocycles. The molecule has 0 unspecified atom stereocenters. The summed E-state index contributed by atoms with van der Waals surface area (Å²) >= 11 is 0. The summed E-state index contributed by atoms with van der Waals surface area (Å²) in [7, 11) is 0. The van der Waals surface area contributed by atoms with Crippen LogP contribution in [0.3, 0.4) is 0 Å². The fraction of sp³-hybridized carbons (Fsp3) is 0. The molecule has 0 aliphatic carbocycles. The first-order valence-corrected chi connectivity index (χ1v) is 4.22. The molecule has 0 radical (unpaired) electrons. The van der Waals surface area contributed by atoms with E-state index in [0.717, 1.165) is 0 Å². The van der Waals surface area contributed by atoms with E-state index in [1.807, 2.05) is 0 Å². The van der Waals surface area contributed by atoms with E-state index in [-0.39, 0.29) is 5.91 Å². The molecule has 1 amide bonds. The van der Waals surface area contributed by atoms with E-state index in [4.69, 9.17) is 4.42 Å². The van der Waals surface area contributed by atoms with Crippen LogP contribution in [0, 0.1) is 0 Å². The molecule has 0 fully saturated rings. The number of hydrogen-bond acceptors (Lipinski definition) is 4. The van der Waals surface area contributed by atoms with Gasteiger partial charge in [0.2, 0.25) is 5.95 Å². The van der Waals surface area contributed by atoms with Crippen molar-refractivity contribution in [3.8, 4) is 0 Å². The Labute approximate surface area is 85.0 Å². The number of hydrogen-bond donors (Lipinski definition) is 2. The predicted molar refractivity (Wildman–Crippen MR) is 52.8 cm³/mol. The molecular formula is C9H8N4O2. The van der Waals surface area contributed by atoms with E-state index in [1.54, 1.807) is 18.2 Å². The highest BCUT2D eigenvalue weighted by Crippen LogP contribution is 2.02. The number of carbonyl (C=O) groups is 1. The Bertz CT molecular complexity index is 444. The minimum absolute atomic E-state index is 0.303. The van der Waals surface area contributed by atoms with Gasteiger partial charge in [-0.3, -0.25) is 10.1 Å². The standard InChI is InChI=1S/C9H8N4O2/c14-8(12-9-10-6-11-13-9)4-3-7-2-1-5-15-7/h1-6H,(H2,10,11,12,13,14). The van der Waals surface area contributed by atoms with Gasteiger partial charge in [0.25, 0.3) is 5.91 Å². The Balaban J connectivity index is 1.93. The van der Waals surface area contributed by atoms with E-state index in [9.17, 15) is 4.79 Å². The van der Waals surface area contributed by atoms with Crippen LogP contribution in [-0.4, -0.2) is 21.1 Å². The summed E-state index contributed by atoms with van der Waals surface area (Å²) in [5.74, 6) is 0.620. The zero-order chi connectivity index (χ0) is 10.5. The molecule has 2 rings (SSSR count). The highest BCUT2D eigenvalue weighted by molar-refractivity contribution is 6.00. The van der Waals surface area contributed by atoms with Gasteiger partial charge < -0.3 is 4.42 Å². The Morgan fingerprint density at radius 1 is 1.60 bits per heavy atom. The quantitative estimate of drug-likeness (QED) is 0.732. The van der Waals surface area contributed by atoms with Gasteiger partial charge >= 0.3 is 0 Å². The minimum atomic E-state index is -0.303. The molecule has 0 spiro atoms. The predicted octanol–water partition coefficient (Wildman–Crippen LogP) is 1.05. The van der Waals surface area contributed by atoms with E-state index >= 15 is 0 Å². The van der Waals surface area contributed by atoms with Crippen molar-refractivity contribution in [2.24, 2.45) is 0 Å². The second-order valence-electron chi connectivity index (χ2n) is 2.67. The third-order valence-electron chi connectivity index (χ3n) is 1.60. The number of aromatic nitrogens is 3. The van der Waals surface area contributed by atoms with Crippen LogP contribution in [0.1, 0.15) is 5.76 Å². The second-order valence-corrected chi connectivity index (χ2v) is 2.67. The van der Waals surface area contributed by atoms with Gasteiger partial charge in [0.1, 0.15) is 12.1 Å². The van der Waals surface area contributed by atoms with Crippen molar-refractivity contribution in [1.82, 2.24) is 15.2 Å². The lowest BCUT2D eigenvalue weighted by molar-refractivity contribution is -0.111. The van der Waals surface area contributed by atoms with Crippen LogP contribution in [0.2, 0.25) is 0 Å². The number of furan rings is 1. The monoisotopic (exact) mass is 204 g/mol. The van der Waals surface area contributed by atoms with Crippen molar-refractivity contribution >= 4 is 17.9 Å². The second kappa shape index (κ2) is 4.23. The summed E-state index contributed by atoms with van der Waals surface area (Å²) in [6.45, 7) is 0. The normalized spacial score (nSPS) is 10.7. The summed E-state index contributed by atoms with van der Waals surface area (Å²) in [5, 5.41) is 8.59. The SMILES string of the molecule is O=C(C=Cc1ccco1)Nc1ncn[nH]1. The van der Waals surface area contributed by atoms with Crippen molar-refractivity contribution in [3.63, 3.8) is 0 Å². The molecule has 15 heavy (non-hydrogen) atoms. The summed E-state index contributed by atoms with van der Waals surface area (Å²) in [6, 6.07) is 3.49. The van der Waals surface area contributed by atoms with Crippen molar-refractivity contribution in [2.75, 3.05) is 5.32 Å². The number of anilines is 1. The van der Waals surface area contributed by atoms with Gasteiger partial charge in [-0.05, 0) is 18.2 Å². The third-order valence-corrected chi connectivity index (χ3v) is 1.60. The fourth-order valence-electron chi connectivity index (χ4n) is 0.968. The molecule has 0 atom stereocenters. The van der Waals surface area contributed by atoms with Crippen LogP contribution in [0.25, 0.3) is 6.08 Å². The van der Waals surface area contributed by atoms with Gasteiger partial charge in [-0.15, -0.1) is 0 Å². The summed E-state index contributed by atoms with van der Waals surface area (Å²) in [5.41, 5.74) is 0. The van der Waals surface area contributed by atoms with Gasteiger partial charge in [-0.25, -0.2) is 5.10 Å². The number of aromatic amines is 1. The smallest absolute Gasteiger partial charge is 0.250 e. The van der Waals surface area contributed by atoms with Gasteiger partial charge in [0.15, 0.2) is 0 Å². The Kier molecular flexibility index (Phi) is 2.59. The van der Waals surface area contributed by atoms with Crippen molar-refractivity contribution in [2.45, 2.75) is 0 Å². The molecule has 76 valence electrons. The number of nitrogens with one attached hydrogen (secondary N) is 2. The van der Waals surface area contributed by atoms with E-state index < -0.39 is 0 Å². The number of nitrogens with zero attached hydrogens (tertiary/aromatic N) is 2. The maximum Gasteiger partial charge on any atom is 0.250 e. The largest absolute Gasteiger partial charge is 0.465 e. The lowest BCUT2D eigenvalue weighted by Gasteiger charge is -1.93. The van der Waals surface area contributed by atoms with E-state index in [0.29, 0.717) is 11.7 Å². The molecule has 2 N–H and O–H groups in total. The Hall–Kier alpha value is -2.37. The lowest BCUT2D eigenvalue weighted by Crippen LogP contribution is -2.08. The molecule has 0 aliphatic heterocycles. The number of rotatable bonds is 3. The van der Waals surface area contributed by atoms with Gasteiger partial charge in [0.05, 0.1) is 6.26 Å². The summed E-state index contributed by atoms with van der Waals surface area (Å²) in [6.07, 6.45) is 5.76. The molecule has 0 saturated carbocycles. The van der Waals surface area contributed by atoms with Gasteiger partial charge in [0, 0.05) is 6.08 Å². The van der Waals surface area contributed by atoms with Crippen LogP contribution >= 0.6 is 0 Å². The maximum atomic E-state index is 11.3. The Morgan fingerprint density at radius 2 is 2.53 bits per heavy atom. The first kappa shape index (κ1) is 9.20. The molecule has 2 aromatic rings. The summed E-state index contributed by atoms with van der Waals surface area (Å²) < 4.78 is 5.02. The highest BCUT2D eigenvalue weighted by atomic mass is 16.3. The summed E-state index contributed by atoms with van der Waals surface area (Å²) in [4.78, 5) is 15.0. The molecule has 2 heterocycles. The molecule has 6 nitrogen and oxygen atoms in total. The van der Waals surface area contributed by atoms with E-state index in [1.165, 1.54) is 18.7 Å². The molecule has 0 bridgehead atoms. The van der Waals surface area contributed by atoms with Gasteiger partial charge in [-0.1, -0.05) is 0 Å². The zero-order valence-corrected chi connectivity index (χ0v) is 7.68. The van der Waals surface area contributed by atoms with Crippen molar-refractivity contribution in [1.29, 1.82) is 0 Å². The van der Waals surface area contributed by atoms with Crippen LogP contribution in [0.5, 0.6) is 0 Å². The maximum absolute atomic E-state index is 11.3. The van der Waals surface area contributed by atoms with Crippen LogP contribution in [0.4, 0.5) is 5.95 Å². The first-order valence-electron chi connectivity index (χ1n) is 4.22. The molecule has 0 saturated heterocycles. The number of H-pyrrole nitrogens is 1. The third kappa shape index (κ3) is 2.53. The average molecular weight is 204 g/mol. The number of amides is 1. The lowest BCUT2D eigenvalue weighted by atomic mass is 10.4. The molecule has 0 aromatic carbocycles. The highest BCUT2D eigenvalue weighted by Gasteiger charge is 1.99. The number of carbonyl (C=O) groups excluding carboxylic acids is 1. The average Bonchev–Trinajstić information content (AvgIpc) is 2.86. The zero-order valence-electron chi connectivity index (χ0n) is 7.68. The molecule has 0 aliphatic rings.